The van der Waals surface area contributed by atoms with Gasteiger partial charge in [0.25, 0.3) is 0 Å². The standard InChI is InChI=1S/C10H13BrFN/c1-3-9(7(2)11)10-5-4-8(12)6-13-10/h4-7,9H,3H2,1-2H3. The van der Waals surface area contributed by atoms with Gasteiger partial charge in [0.15, 0.2) is 0 Å². The van der Waals surface area contributed by atoms with Gasteiger partial charge in [0, 0.05) is 16.4 Å². The van der Waals surface area contributed by atoms with Crippen LogP contribution in [-0.2, 0) is 0 Å². The van der Waals surface area contributed by atoms with Crippen LogP contribution in [0.4, 0.5) is 4.39 Å². The predicted molar refractivity (Wildman–Crippen MR) is 55.6 cm³/mol. The summed E-state index contributed by atoms with van der Waals surface area (Å²) in [4.78, 5) is 4.44. The van der Waals surface area contributed by atoms with Crippen molar-refractivity contribution in [3.63, 3.8) is 0 Å². The number of rotatable bonds is 3. The van der Waals surface area contributed by atoms with Crippen molar-refractivity contribution in [1.82, 2.24) is 4.98 Å². The first-order chi connectivity index (χ1) is 6.15. The molecule has 1 nitrogen and oxygen atoms in total. The predicted octanol–water partition coefficient (Wildman–Crippen LogP) is 3.50. The average Bonchev–Trinajstić information content (AvgIpc) is 2.09. The molecule has 2 unspecified atom stereocenters. The van der Waals surface area contributed by atoms with Gasteiger partial charge in [-0.25, -0.2) is 4.39 Å². The Labute approximate surface area is 86.5 Å². The van der Waals surface area contributed by atoms with Crippen LogP contribution in [0, 0.1) is 5.82 Å². The zero-order valence-corrected chi connectivity index (χ0v) is 9.38. The Bertz CT molecular complexity index is 258. The Morgan fingerprint density at radius 1 is 1.54 bits per heavy atom. The molecule has 1 heterocycles. The van der Waals surface area contributed by atoms with Crippen molar-refractivity contribution in [1.29, 1.82) is 0 Å². The molecule has 0 saturated carbocycles. The molecule has 0 aromatic carbocycles. The molecule has 0 aliphatic carbocycles. The summed E-state index contributed by atoms with van der Waals surface area (Å²) >= 11 is 3.52. The first-order valence-corrected chi connectivity index (χ1v) is 5.32. The minimum Gasteiger partial charge on any atom is -0.258 e. The Morgan fingerprint density at radius 2 is 2.23 bits per heavy atom. The van der Waals surface area contributed by atoms with Crippen LogP contribution in [0.3, 0.4) is 0 Å². The van der Waals surface area contributed by atoms with E-state index in [2.05, 4.69) is 34.8 Å². The molecule has 0 spiro atoms. The number of aromatic nitrogens is 1. The quantitative estimate of drug-likeness (QED) is 0.744. The van der Waals surface area contributed by atoms with E-state index < -0.39 is 0 Å². The van der Waals surface area contributed by atoms with Crippen molar-refractivity contribution < 1.29 is 4.39 Å². The summed E-state index contributed by atoms with van der Waals surface area (Å²) < 4.78 is 12.6. The highest BCUT2D eigenvalue weighted by molar-refractivity contribution is 9.09. The van der Waals surface area contributed by atoms with Crippen molar-refractivity contribution in [2.24, 2.45) is 0 Å². The van der Waals surface area contributed by atoms with Gasteiger partial charge < -0.3 is 0 Å². The third-order valence-electron chi connectivity index (χ3n) is 2.12. The number of alkyl halides is 1. The van der Waals surface area contributed by atoms with Gasteiger partial charge in [-0.1, -0.05) is 29.8 Å². The van der Waals surface area contributed by atoms with Crippen LogP contribution < -0.4 is 0 Å². The highest BCUT2D eigenvalue weighted by Gasteiger charge is 2.15. The highest BCUT2D eigenvalue weighted by atomic mass is 79.9. The zero-order chi connectivity index (χ0) is 9.84. The lowest BCUT2D eigenvalue weighted by Gasteiger charge is -2.16. The van der Waals surface area contributed by atoms with Crippen molar-refractivity contribution >= 4 is 15.9 Å². The highest BCUT2D eigenvalue weighted by Crippen LogP contribution is 2.26. The van der Waals surface area contributed by atoms with E-state index in [-0.39, 0.29) is 5.82 Å². The monoisotopic (exact) mass is 245 g/mol. The fourth-order valence-electron chi connectivity index (χ4n) is 1.38. The molecule has 0 bridgehead atoms. The third kappa shape index (κ3) is 2.76. The first kappa shape index (κ1) is 10.6. The third-order valence-corrected chi connectivity index (χ3v) is 2.76. The average molecular weight is 246 g/mol. The lowest BCUT2D eigenvalue weighted by Crippen LogP contribution is -2.09. The topological polar surface area (TPSA) is 12.9 Å². The van der Waals surface area contributed by atoms with E-state index >= 15 is 0 Å². The Hall–Kier alpha value is -0.440. The molecule has 0 radical (unpaired) electrons. The summed E-state index contributed by atoms with van der Waals surface area (Å²) in [6.45, 7) is 4.19. The Kier molecular flexibility index (Phi) is 3.85. The second kappa shape index (κ2) is 4.70. The fraction of sp³-hybridized carbons (Fsp3) is 0.500. The molecule has 0 amide bonds. The van der Waals surface area contributed by atoms with Crippen LogP contribution in [0.2, 0.25) is 0 Å². The number of hydrogen-bond acceptors (Lipinski definition) is 1. The van der Waals surface area contributed by atoms with E-state index in [1.54, 1.807) is 6.07 Å². The van der Waals surface area contributed by atoms with E-state index in [9.17, 15) is 4.39 Å². The van der Waals surface area contributed by atoms with Gasteiger partial charge in [0.1, 0.15) is 5.82 Å². The van der Waals surface area contributed by atoms with Gasteiger partial charge in [0.05, 0.1) is 6.20 Å². The molecule has 1 aromatic rings. The van der Waals surface area contributed by atoms with Crippen LogP contribution >= 0.6 is 15.9 Å². The zero-order valence-electron chi connectivity index (χ0n) is 7.80. The summed E-state index contributed by atoms with van der Waals surface area (Å²) in [7, 11) is 0. The van der Waals surface area contributed by atoms with Gasteiger partial charge in [-0.05, 0) is 18.6 Å². The van der Waals surface area contributed by atoms with E-state index in [0.717, 1.165) is 12.1 Å². The minimum absolute atomic E-state index is 0.277. The lowest BCUT2D eigenvalue weighted by molar-refractivity contribution is 0.603. The van der Waals surface area contributed by atoms with Crippen LogP contribution in [0.5, 0.6) is 0 Å². The molecule has 3 heteroatoms. The molecule has 0 fully saturated rings. The molecule has 0 N–H and O–H groups in total. The summed E-state index contributed by atoms with van der Waals surface area (Å²) in [6, 6.07) is 3.21. The van der Waals surface area contributed by atoms with Gasteiger partial charge >= 0.3 is 0 Å². The summed E-state index contributed by atoms with van der Waals surface area (Å²) in [5.41, 5.74) is 0.952. The first-order valence-electron chi connectivity index (χ1n) is 4.40. The summed E-state index contributed by atoms with van der Waals surface area (Å²) in [6.07, 6.45) is 2.28. The molecule has 13 heavy (non-hydrogen) atoms. The number of halogens is 2. The van der Waals surface area contributed by atoms with Crippen LogP contribution in [0.1, 0.15) is 31.9 Å². The lowest BCUT2D eigenvalue weighted by atomic mass is 9.99. The fourth-order valence-corrected chi connectivity index (χ4v) is 2.02. The van der Waals surface area contributed by atoms with Crippen LogP contribution in [-0.4, -0.2) is 9.81 Å². The second-order valence-corrected chi connectivity index (χ2v) is 4.54. The molecule has 2 atom stereocenters. The Balaban J connectivity index is 2.86. The number of nitrogens with zero attached hydrogens (tertiary/aromatic N) is 1. The molecule has 0 aliphatic heterocycles. The van der Waals surface area contributed by atoms with E-state index in [4.69, 9.17) is 0 Å². The second-order valence-electron chi connectivity index (χ2n) is 3.09. The smallest absolute Gasteiger partial charge is 0.141 e. The maximum atomic E-state index is 12.6. The van der Waals surface area contributed by atoms with Crippen molar-refractivity contribution in [3.8, 4) is 0 Å². The molecule has 1 rings (SSSR count). The van der Waals surface area contributed by atoms with Gasteiger partial charge in [-0.3, -0.25) is 4.98 Å². The van der Waals surface area contributed by atoms with E-state index in [1.165, 1.54) is 12.3 Å². The molecular weight excluding hydrogens is 233 g/mol. The normalized spacial score (nSPS) is 15.4. The number of hydrogen-bond donors (Lipinski definition) is 0. The minimum atomic E-state index is -0.277. The van der Waals surface area contributed by atoms with Crippen LogP contribution in [0.15, 0.2) is 18.3 Å². The Morgan fingerprint density at radius 3 is 2.62 bits per heavy atom. The molecule has 0 saturated heterocycles. The number of pyridine rings is 1. The van der Waals surface area contributed by atoms with E-state index in [1.807, 2.05) is 0 Å². The largest absolute Gasteiger partial charge is 0.258 e. The molecule has 1 aromatic heterocycles. The van der Waals surface area contributed by atoms with Crippen molar-refractivity contribution in [2.45, 2.75) is 31.0 Å². The van der Waals surface area contributed by atoms with Crippen LogP contribution in [0.25, 0.3) is 0 Å². The van der Waals surface area contributed by atoms with Crippen molar-refractivity contribution in [2.75, 3.05) is 0 Å². The van der Waals surface area contributed by atoms with Crippen molar-refractivity contribution in [3.05, 3.63) is 29.8 Å². The molecule has 0 aliphatic rings. The maximum Gasteiger partial charge on any atom is 0.141 e. The van der Waals surface area contributed by atoms with E-state index in [0.29, 0.717) is 10.7 Å². The molecular formula is C10H13BrFN. The summed E-state index contributed by atoms with van der Waals surface area (Å²) in [5.74, 6) is 0.0847. The molecule has 72 valence electrons. The SMILES string of the molecule is CCC(c1ccc(F)cn1)C(C)Br. The van der Waals surface area contributed by atoms with Gasteiger partial charge in [0.2, 0.25) is 0 Å². The van der Waals surface area contributed by atoms with Gasteiger partial charge in [-0.15, -0.1) is 0 Å². The maximum absolute atomic E-state index is 12.6. The summed E-state index contributed by atoms with van der Waals surface area (Å²) in [5, 5.41) is 0. The van der Waals surface area contributed by atoms with Gasteiger partial charge in [-0.2, -0.15) is 0 Å².